The second kappa shape index (κ2) is 5.04. The molecule has 0 unspecified atom stereocenters. The number of rotatable bonds is 3. The topological polar surface area (TPSA) is 35.5 Å². The first-order valence-electron chi connectivity index (χ1n) is 5.41. The minimum atomic E-state index is -0.505. The quantitative estimate of drug-likeness (QED) is 0.753. The average Bonchev–Trinajstić information content (AvgIpc) is 2.25. The van der Waals surface area contributed by atoms with Gasteiger partial charge in [-0.25, -0.2) is 4.79 Å². The van der Waals surface area contributed by atoms with Crippen LogP contribution in [-0.2, 0) is 4.74 Å². The normalized spacial score (nSPS) is 10.8. The zero-order valence-corrected chi connectivity index (χ0v) is 10.7. The molecule has 1 aromatic rings. The summed E-state index contributed by atoms with van der Waals surface area (Å²) in [6, 6.07) is 5.17. The van der Waals surface area contributed by atoms with Crippen LogP contribution >= 0.6 is 0 Å². The van der Waals surface area contributed by atoms with Crippen molar-refractivity contribution in [2.24, 2.45) is 0 Å². The molecule has 0 spiro atoms. The second-order valence-electron chi connectivity index (χ2n) is 4.66. The summed E-state index contributed by atoms with van der Waals surface area (Å²) in [5.41, 5.74) is 0.699. The van der Waals surface area contributed by atoms with Gasteiger partial charge in [0.1, 0.15) is 11.4 Å². The molecule has 1 aromatic carbocycles. The van der Waals surface area contributed by atoms with Crippen LogP contribution in [0.1, 0.15) is 36.7 Å². The zero-order valence-electron chi connectivity index (χ0n) is 10.7. The van der Waals surface area contributed by atoms with E-state index < -0.39 is 5.60 Å². The van der Waals surface area contributed by atoms with Crippen molar-refractivity contribution in [3.8, 4) is 5.75 Å². The number of esters is 1. The molecule has 3 heteroatoms. The highest BCUT2D eigenvalue weighted by Crippen LogP contribution is 2.21. The van der Waals surface area contributed by atoms with Crippen molar-refractivity contribution in [3.05, 3.63) is 35.9 Å². The Hall–Kier alpha value is -1.77. The van der Waals surface area contributed by atoms with Crippen molar-refractivity contribution in [2.75, 3.05) is 7.11 Å². The molecule has 0 radical (unpaired) electrons. The molecule has 1 rings (SSSR count). The number of hydrogen-bond acceptors (Lipinski definition) is 3. The van der Waals surface area contributed by atoms with Crippen molar-refractivity contribution in [1.82, 2.24) is 0 Å². The minimum absolute atomic E-state index is 0.352. The van der Waals surface area contributed by atoms with Gasteiger partial charge in [0.05, 0.1) is 12.7 Å². The molecule has 0 amide bonds. The molecule has 0 fully saturated rings. The molecular formula is C14H18O3. The summed E-state index contributed by atoms with van der Waals surface area (Å²) in [6.45, 7) is 9.19. The van der Waals surface area contributed by atoms with E-state index in [9.17, 15) is 4.79 Å². The third-order valence-corrected chi connectivity index (χ3v) is 2.10. The molecule has 0 atom stereocenters. The van der Waals surface area contributed by atoms with Gasteiger partial charge in [0.15, 0.2) is 0 Å². The number of methoxy groups -OCH3 is 1. The third kappa shape index (κ3) is 3.63. The number of ether oxygens (including phenoxy) is 2. The van der Waals surface area contributed by atoms with Gasteiger partial charge in [0, 0.05) is 0 Å². The van der Waals surface area contributed by atoms with Crippen LogP contribution in [0.25, 0.3) is 6.08 Å². The van der Waals surface area contributed by atoms with Gasteiger partial charge >= 0.3 is 5.97 Å². The Kier molecular flexibility index (Phi) is 3.94. The molecule has 3 nitrogen and oxygen atoms in total. The van der Waals surface area contributed by atoms with Crippen LogP contribution in [-0.4, -0.2) is 18.7 Å². The maximum Gasteiger partial charge on any atom is 0.339 e. The first-order chi connectivity index (χ1) is 7.87. The van der Waals surface area contributed by atoms with Gasteiger partial charge in [0.25, 0.3) is 0 Å². The van der Waals surface area contributed by atoms with Crippen molar-refractivity contribution in [3.63, 3.8) is 0 Å². The predicted octanol–water partition coefficient (Wildman–Crippen LogP) is 3.29. The van der Waals surface area contributed by atoms with E-state index in [1.807, 2.05) is 20.8 Å². The van der Waals surface area contributed by atoms with E-state index in [0.717, 1.165) is 0 Å². The monoisotopic (exact) mass is 234 g/mol. The smallest absolute Gasteiger partial charge is 0.339 e. The third-order valence-electron chi connectivity index (χ3n) is 2.10. The zero-order chi connectivity index (χ0) is 13.1. The molecule has 0 aliphatic rings. The van der Waals surface area contributed by atoms with Crippen LogP contribution in [0.2, 0.25) is 0 Å². The summed E-state index contributed by atoms with van der Waals surface area (Å²) in [6.07, 6.45) is 1.61. The summed E-state index contributed by atoms with van der Waals surface area (Å²) in [7, 11) is 1.58. The lowest BCUT2D eigenvalue weighted by atomic mass is 10.1. The fourth-order valence-corrected chi connectivity index (χ4v) is 1.36. The van der Waals surface area contributed by atoms with Crippen molar-refractivity contribution in [2.45, 2.75) is 26.4 Å². The first-order valence-corrected chi connectivity index (χ1v) is 5.41. The van der Waals surface area contributed by atoms with E-state index in [1.165, 1.54) is 0 Å². The minimum Gasteiger partial charge on any atom is -0.497 e. The van der Waals surface area contributed by atoms with Crippen LogP contribution in [0.3, 0.4) is 0 Å². The van der Waals surface area contributed by atoms with Gasteiger partial charge < -0.3 is 9.47 Å². The Labute approximate surface area is 102 Å². The van der Waals surface area contributed by atoms with Crippen LogP contribution in [0.5, 0.6) is 5.75 Å². The lowest BCUT2D eigenvalue weighted by Gasteiger charge is -2.20. The number of carbonyl (C=O) groups is 1. The standard InChI is InChI=1S/C14H18O3/c1-6-10-9-11(16-5)7-8-12(10)13(15)17-14(2,3)4/h6-9H,1H2,2-5H3. The van der Waals surface area contributed by atoms with E-state index in [2.05, 4.69) is 6.58 Å². The van der Waals surface area contributed by atoms with E-state index in [4.69, 9.17) is 9.47 Å². The average molecular weight is 234 g/mol. The Morgan fingerprint density at radius 2 is 2.00 bits per heavy atom. The number of hydrogen-bond donors (Lipinski definition) is 0. The molecule has 0 aromatic heterocycles. The lowest BCUT2D eigenvalue weighted by molar-refractivity contribution is 0.00693. The second-order valence-corrected chi connectivity index (χ2v) is 4.66. The largest absolute Gasteiger partial charge is 0.497 e. The van der Waals surface area contributed by atoms with E-state index in [0.29, 0.717) is 16.9 Å². The van der Waals surface area contributed by atoms with Crippen LogP contribution in [0.15, 0.2) is 24.8 Å². The maximum absolute atomic E-state index is 11.9. The molecule has 0 aliphatic heterocycles. The van der Waals surface area contributed by atoms with Gasteiger partial charge in [-0.15, -0.1) is 0 Å². The van der Waals surface area contributed by atoms with Gasteiger partial charge in [-0.3, -0.25) is 0 Å². The van der Waals surface area contributed by atoms with Gasteiger partial charge in [-0.2, -0.15) is 0 Å². The molecular weight excluding hydrogens is 216 g/mol. The van der Waals surface area contributed by atoms with Gasteiger partial charge in [-0.1, -0.05) is 12.7 Å². The fourth-order valence-electron chi connectivity index (χ4n) is 1.36. The molecule has 0 aliphatic carbocycles. The van der Waals surface area contributed by atoms with Crippen molar-refractivity contribution >= 4 is 12.0 Å². The van der Waals surface area contributed by atoms with E-state index >= 15 is 0 Å². The molecule has 0 heterocycles. The Balaban J connectivity index is 3.05. The molecule has 0 bridgehead atoms. The summed E-state index contributed by atoms with van der Waals surface area (Å²) < 4.78 is 10.4. The SMILES string of the molecule is C=Cc1cc(OC)ccc1C(=O)OC(C)(C)C. The maximum atomic E-state index is 11.9. The Bertz CT molecular complexity index is 428. The van der Waals surface area contributed by atoms with E-state index in [-0.39, 0.29) is 5.97 Å². The molecule has 0 saturated carbocycles. The lowest BCUT2D eigenvalue weighted by Crippen LogP contribution is -2.24. The summed E-state index contributed by atoms with van der Waals surface area (Å²) >= 11 is 0. The van der Waals surface area contributed by atoms with Gasteiger partial charge in [0.2, 0.25) is 0 Å². The Morgan fingerprint density at radius 3 is 2.47 bits per heavy atom. The van der Waals surface area contributed by atoms with Crippen LogP contribution in [0.4, 0.5) is 0 Å². The summed E-state index contributed by atoms with van der Waals surface area (Å²) in [5, 5.41) is 0. The van der Waals surface area contributed by atoms with Crippen molar-refractivity contribution in [1.29, 1.82) is 0 Å². The van der Waals surface area contributed by atoms with Crippen molar-refractivity contribution < 1.29 is 14.3 Å². The fraction of sp³-hybridized carbons (Fsp3) is 0.357. The van der Waals surface area contributed by atoms with Crippen LogP contribution < -0.4 is 4.74 Å². The first kappa shape index (κ1) is 13.3. The number of carbonyl (C=O) groups excluding carboxylic acids is 1. The Morgan fingerprint density at radius 1 is 1.35 bits per heavy atom. The highest BCUT2D eigenvalue weighted by Gasteiger charge is 2.19. The van der Waals surface area contributed by atoms with E-state index in [1.54, 1.807) is 31.4 Å². The molecule has 0 saturated heterocycles. The molecule has 17 heavy (non-hydrogen) atoms. The summed E-state index contributed by atoms with van der Waals surface area (Å²) in [5.74, 6) is 0.335. The molecule has 92 valence electrons. The van der Waals surface area contributed by atoms with Gasteiger partial charge in [-0.05, 0) is 44.5 Å². The summed E-state index contributed by atoms with van der Waals surface area (Å²) in [4.78, 5) is 11.9. The number of benzene rings is 1. The van der Waals surface area contributed by atoms with Crippen LogP contribution in [0, 0.1) is 0 Å². The predicted molar refractivity (Wildman–Crippen MR) is 68.3 cm³/mol. The highest BCUT2D eigenvalue weighted by molar-refractivity contribution is 5.94. The molecule has 0 N–H and O–H groups in total. The highest BCUT2D eigenvalue weighted by atomic mass is 16.6.